The second kappa shape index (κ2) is 9.76. The number of aromatic nitrogens is 2. The van der Waals surface area contributed by atoms with Gasteiger partial charge in [-0.25, -0.2) is 0 Å². The maximum Gasteiger partial charge on any atom is 0.0544 e. The van der Waals surface area contributed by atoms with Gasteiger partial charge < -0.3 is 9.13 Å². The molecule has 50 heavy (non-hydrogen) atoms. The number of benzene rings is 8. The molecular formula is C48H38N2. The molecule has 11 rings (SSSR count). The second-order valence-corrected chi connectivity index (χ2v) is 15.6. The molecule has 1 aliphatic carbocycles. The Morgan fingerprint density at radius 2 is 0.960 bits per heavy atom. The van der Waals surface area contributed by atoms with E-state index >= 15 is 0 Å². The van der Waals surface area contributed by atoms with Gasteiger partial charge in [-0.15, -0.1) is 0 Å². The van der Waals surface area contributed by atoms with E-state index < -0.39 is 0 Å². The molecule has 0 fully saturated rings. The zero-order valence-electron chi connectivity index (χ0n) is 29.0. The summed E-state index contributed by atoms with van der Waals surface area (Å²) >= 11 is 0. The predicted molar refractivity (Wildman–Crippen MR) is 214 cm³/mol. The molecular weight excluding hydrogens is 605 g/mol. The number of hydrogen-bond donors (Lipinski definition) is 0. The quantitative estimate of drug-likeness (QED) is 0.170. The van der Waals surface area contributed by atoms with Crippen molar-refractivity contribution in [3.05, 3.63) is 144 Å². The molecule has 2 aromatic heterocycles. The maximum atomic E-state index is 2.59. The Bertz CT molecular complexity index is 2930. The van der Waals surface area contributed by atoms with E-state index in [1.807, 2.05) is 0 Å². The molecule has 0 spiro atoms. The van der Waals surface area contributed by atoms with Crippen LogP contribution < -0.4 is 0 Å². The van der Waals surface area contributed by atoms with E-state index in [2.05, 4.69) is 164 Å². The lowest BCUT2D eigenvalue weighted by molar-refractivity contribution is 0.475. The van der Waals surface area contributed by atoms with Gasteiger partial charge in [0, 0.05) is 37.7 Å². The Labute approximate surface area is 291 Å². The molecule has 0 N–H and O–H groups in total. The van der Waals surface area contributed by atoms with Gasteiger partial charge in [0.1, 0.15) is 0 Å². The second-order valence-electron chi connectivity index (χ2n) is 15.6. The molecule has 2 nitrogen and oxygen atoms in total. The SMILES string of the molecule is CC(C)c1cc(-n2c3ccccc3c3ccccc32)c2cc3c4c(cc(-n5c6ccccc6c6ccccc65)c5ccc1c2c54)CCC3(C)C. The van der Waals surface area contributed by atoms with Crippen LogP contribution in [0.3, 0.4) is 0 Å². The molecule has 0 aliphatic heterocycles. The Kier molecular flexibility index (Phi) is 5.52. The van der Waals surface area contributed by atoms with Crippen LogP contribution >= 0.6 is 0 Å². The monoisotopic (exact) mass is 642 g/mol. The molecule has 0 unspecified atom stereocenters. The smallest absolute Gasteiger partial charge is 0.0544 e. The highest BCUT2D eigenvalue weighted by atomic mass is 15.0. The third-order valence-electron chi connectivity index (χ3n) is 12.1. The average molecular weight is 643 g/mol. The van der Waals surface area contributed by atoms with E-state index in [4.69, 9.17) is 0 Å². The van der Waals surface area contributed by atoms with Gasteiger partial charge in [0.25, 0.3) is 0 Å². The molecule has 240 valence electrons. The number of rotatable bonds is 3. The lowest BCUT2D eigenvalue weighted by atomic mass is 9.70. The summed E-state index contributed by atoms with van der Waals surface area (Å²) in [5.41, 5.74) is 12.1. The fraction of sp³-hybridized carbons (Fsp3) is 0.167. The van der Waals surface area contributed by atoms with Crippen LogP contribution in [0.5, 0.6) is 0 Å². The number of para-hydroxylation sites is 4. The number of nitrogens with zero attached hydrogens (tertiary/aromatic N) is 2. The van der Waals surface area contributed by atoms with Crippen LogP contribution in [0.4, 0.5) is 0 Å². The summed E-state index contributed by atoms with van der Waals surface area (Å²) in [7, 11) is 0. The molecule has 1 aliphatic rings. The van der Waals surface area contributed by atoms with E-state index in [1.54, 1.807) is 0 Å². The first kappa shape index (κ1) is 28.3. The lowest BCUT2D eigenvalue weighted by Gasteiger charge is -2.35. The van der Waals surface area contributed by atoms with Gasteiger partial charge in [0.2, 0.25) is 0 Å². The summed E-state index contributed by atoms with van der Waals surface area (Å²) in [4.78, 5) is 0. The standard InChI is InChI=1S/C48H38N2/c1-28(2)36-27-44(50-41-19-11-7-15-32(41)33-16-8-12-20-42(33)50)37-26-38-45-29(23-24-48(38,3)4)25-43(35-22-21-34(36)46(37)47(35)45)49-39-17-9-5-13-30(39)31-14-6-10-18-40(31)49/h5-22,25-28H,23-24H2,1-4H3. The van der Waals surface area contributed by atoms with Crippen molar-refractivity contribution in [2.24, 2.45) is 0 Å². The first-order chi connectivity index (χ1) is 24.4. The van der Waals surface area contributed by atoms with E-state index in [-0.39, 0.29) is 5.41 Å². The highest BCUT2D eigenvalue weighted by Crippen LogP contribution is 2.51. The number of fused-ring (bicyclic) bond motifs is 6. The predicted octanol–water partition coefficient (Wildman–Crippen LogP) is 13.1. The number of hydrogen-bond acceptors (Lipinski definition) is 0. The van der Waals surface area contributed by atoms with Crippen LogP contribution in [0.25, 0.3) is 87.3 Å². The van der Waals surface area contributed by atoms with Crippen molar-refractivity contribution < 1.29 is 0 Å². The normalized spacial score (nSPS) is 14.6. The number of aryl methyl sites for hydroxylation is 1. The largest absolute Gasteiger partial charge is 0.309 e. The van der Waals surface area contributed by atoms with Crippen molar-refractivity contribution in [3.63, 3.8) is 0 Å². The van der Waals surface area contributed by atoms with Crippen molar-refractivity contribution in [2.75, 3.05) is 0 Å². The third kappa shape index (κ3) is 3.53. The Morgan fingerprint density at radius 3 is 1.48 bits per heavy atom. The average Bonchev–Trinajstić information content (AvgIpc) is 3.65. The molecule has 10 aromatic rings. The van der Waals surface area contributed by atoms with Crippen LogP contribution in [-0.4, -0.2) is 9.13 Å². The Hall–Kier alpha value is -5.60. The molecule has 0 bridgehead atoms. The Balaban J connectivity index is 1.39. The van der Waals surface area contributed by atoms with Crippen LogP contribution in [0.2, 0.25) is 0 Å². The van der Waals surface area contributed by atoms with E-state index in [9.17, 15) is 0 Å². The minimum absolute atomic E-state index is 0.0585. The maximum absolute atomic E-state index is 2.59. The summed E-state index contributed by atoms with van der Waals surface area (Å²) in [5, 5.41) is 13.6. The fourth-order valence-corrected chi connectivity index (χ4v) is 9.70. The molecule has 0 amide bonds. The first-order valence-electron chi connectivity index (χ1n) is 18.2. The Morgan fingerprint density at radius 1 is 0.480 bits per heavy atom. The topological polar surface area (TPSA) is 9.86 Å². The fourth-order valence-electron chi connectivity index (χ4n) is 9.70. The van der Waals surface area contributed by atoms with Crippen molar-refractivity contribution >= 4 is 75.9 Å². The molecule has 0 saturated carbocycles. The van der Waals surface area contributed by atoms with Crippen molar-refractivity contribution in [1.82, 2.24) is 9.13 Å². The zero-order valence-corrected chi connectivity index (χ0v) is 29.0. The summed E-state index contributed by atoms with van der Waals surface area (Å²) in [6.07, 6.45) is 2.21. The van der Waals surface area contributed by atoms with Crippen LogP contribution in [-0.2, 0) is 11.8 Å². The van der Waals surface area contributed by atoms with Gasteiger partial charge in [-0.05, 0) is 99.5 Å². The highest BCUT2D eigenvalue weighted by molar-refractivity contribution is 6.29. The minimum Gasteiger partial charge on any atom is -0.309 e. The molecule has 0 radical (unpaired) electrons. The molecule has 0 saturated heterocycles. The summed E-state index contributed by atoms with van der Waals surface area (Å²) in [6, 6.07) is 48.3. The lowest BCUT2D eigenvalue weighted by Crippen LogP contribution is -2.23. The van der Waals surface area contributed by atoms with Gasteiger partial charge >= 0.3 is 0 Å². The van der Waals surface area contributed by atoms with Gasteiger partial charge in [-0.1, -0.05) is 113 Å². The van der Waals surface area contributed by atoms with Crippen molar-refractivity contribution in [1.29, 1.82) is 0 Å². The highest BCUT2D eigenvalue weighted by Gasteiger charge is 2.33. The summed E-state index contributed by atoms with van der Waals surface area (Å²) in [6.45, 7) is 9.63. The molecule has 2 heterocycles. The first-order valence-corrected chi connectivity index (χ1v) is 18.2. The van der Waals surface area contributed by atoms with E-state index in [1.165, 1.54) is 104 Å². The van der Waals surface area contributed by atoms with Crippen molar-refractivity contribution in [2.45, 2.75) is 51.9 Å². The van der Waals surface area contributed by atoms with E-state index in [0.29, 0.717) is 5.92 Å². The van der Waals surface area contributed by atoms with Gasteiger partial charge in [0.15, 0.2) is 0 Å². The van der Waals surface area contributed by atoms with Crippen molar-refractivity contribution in [3.8, 4) is 11.4 Å². The van der Waals surface area contributed by atoms with Gasteiger partial charge in [-0.3, -0.25) is 0 Å². The van der Waals surface area contributed by atoms with Crippen LogP contribution in [0.1, 0.15) is 56.7 Å². The minimum atomic E-state index is 0.0585. The van der Waals surface area contributed by atoms with Gasteiger partial charge in [-0.2, -0.15) is 0 Å². The molecule has 0 atom stereocenters. The molecule has 8 aromatic carbocycles. The third-order valence-corrected chi connectivity index (χ3v) is 12.1. The van der Waals surface area contributed by atoms with Gasteiger partial charge in [0.05, 0.1) is 33.4 Å². The zero-order chi connectivity index (χ0) is 33.5. The summed E-state index contributed by atoms with van der Waals surface area (Å²) in [5.74, 6) is 0.367. The van der Waals surface area contributed by atoms with E-state index in [0.717, 1.165) is 12.8 Å². The molecule has 2 heteroatoms. The van der Waals surface area contributed by atoms with Crippen LogP contribution in [0, 0.1) is 0 Å². The van der Waals surface area contributed by atoms with Crippen LogP contribution in [0.15, 0.2) is 127 Å². The summed E-state index contributed by atoms with van der Waals surface area (Å²) < 4.78 is 5.10.